The van der Waals surface area contributed by atoms with E-state index in [2.05, 4.69) is 16.4 Å². The summed E-state index contributed by atoms with van der Waals surface area (Å²) in [6.07, 6.45) is 0. The predicted molar refractivity (Wildman–Crippen MR) is 97.6 cm³/mol. The molecule has 1 amide bonds. The zero-order valence-electron chi connectivity index (χ0n) is 12.4. The van der Waals surface area contributed by atoms with Crippen LogP contribution < -0.4 is 10.2 Å². The molecule has 1 aliphatic rings. The third-order valence-corrected chi connectivity index (χ3v) is 5.90. The molecule has 4 nitrogen and oxygen atoms in total. The van der Waals surface area contributed by atoms with E-state index >= 15 is 0 Å². The molecule has 4 rings (SSSR count). The number of hydrogen-bond donors (Lipinski definition) is 1. The third kappa shape index (κ3) is 2.92. The summed E-state index contributed by atoms with van der Waals surface area (Å²) in [5, 5.41) is 3.33. The van der Waals surface area contributed by atoms with Crippen molar-refractivity contribution in [1.29, 1.82) is 0 Å². The van der Waals surface area contributed by atoms with Gasteiger partial charge in [0.15, 0.2) is 4.34 Å². The van der Waals surface area contributed by atoms with Gasteiger partial charge in [-0.15, -0.1) is 11.3 Å². The Bertz CT molecular complexity index is 829. The second-order valence-electron chi connectivity index (χ2n) is 5.23. The van der Waals surface area contributed by atoms with Gasteiger partial charge in [0.25, 0.3) is 0 Å². The van der Waals surface area contributed by atoms with Crippen LogP contribution in [-0.2, 0) is 4.79 Å². The van der Waals surface area contributed by atoms with E-state index in [0.29, 0.717) is 12.3 Å². The van der Waals surface area contributed by atoms with Crippen LogP contribution >= 0.6 is 23.1 Å². The number of carbonyl (C=O) groups excluding carboxylic acids is 1. The Kier molecular flexibility index (Phi) is 3.93. The van der Waals surface area contributed by atoms with Crippen LogP contribution in [0, 0.1) is 0 Å². The Hall–Kier alpha value is -2.05. The maximum Gasteiger partial charge on any atom is 0.237 e. The fraction of sp³-hybridized carbons (Fsp3) is 0.176. The van der Waals surface area contributed by atoms with Crippen LogP contribution in [0.2, 0.25) is 0 Å². The van der Waals surface area contributed by atoms with Crippen LogP contribution in [0.5, 0.6) is 0 Å². The molecule has 116 valence electrons. The van der Waals surface area contributed by atoms with E-state index in [1.54, 1.807) is 11.3 Å². The maximum atomic E-state index is 12.6. The normalized spacial score (nSPS) is 13.7. The van der Waals surface area contributed by atoms with Crippen LogP contribution in [0.3, 0.4) is 0 Å². The van der Waals surface area contributed by atoms with Gasteiger partial charge in [-0.05, 0) is 24.3 Å². The minimum absolute atomic E-state index is 0.128. The smallest absolute Gasteiger partial charge is 0.237 e. The number of rotatable bonds is 3. The van der Waals surface area contributed by atoms with Gasteiger partial charge in [0.1, 0.15) is 0 Å². The number of aromatic nitrogens is 1. The summed E-state index contributed by atoms with van der Waals surface area (Å²) in [7, 11) is 0. The number of amides is 1. The van der Waals surface area contributed by atoms with Crippen LogP contribution in [0.1, 0.15) is 0 Å². The molecule has 3 aromatic rings. The van der Waals surface area contributed by atoms with Gasteiger partial charge in [0.2, 0.25) is 5.91 Å². The first-order valence-corrected chi connectivity index (χ1v) is 9.23. The van der Waals surface area contributed by atoms with Crippen molar-refractivity contribution in [2.24, 2.45) is 0 Å². The quantitative estimate of drug-likeness (QED) is 0.735. The van der Waals surface area contributed by atoms with Crippen LogP contribution in [0.25, 0.3) is 10.2 Å². The van der Waals surface area contributed by atoms with Gasteiger partial charge in [-0.1, -0.05) is 36.0 Å². The molecule has 0 atom stereocenters. The first-order chi connectivity index (χ1) is 11.3. The van der Waals surface area contributed by atoms with E-state index in [4.69, 9.17) is 0 Å². The molecule has 23 heavy (non-hydrogen) atoms. The van der Waals surface area contributed by atoms with Gasteiger partial charge in [0, 0.05) is 13.1 Å². The molecule has 0 unspecified atom stereocenters. The second-order valence-corrected chi connectivity index (χ2v) is 7.48. The topological polar surface area (TPSA) is 45.2 Å². The van der Waals surface area contributed by atoms with Crippen molar-refractivity contribution in [2.45, 2.75) is 4.34 Å². The summed E-state index contributed by atoms with van der Waals surface area (Å²) in [5.74, 6) is 0.539. The number of thioether (sulfide) groups is 1. The summed E-state index contributed by atoms with van der Waals surface area (Å²) < 4.78 is 2.11. The van der Waals surface area contributed by atoms with Gasteiger partial charge in [0.05, 0.1) is 27.3 Å². The average molecular weight is 341 g/mol. The van der Waals surface area contributed by atoms with Gasteiger partial charge < -0.3 is 10.2 Å². The number of para-hydroxylation sites is 3. The van der Waals surface area contributed by atoms with Crippen molar-refractivity contribution < 1.29 is 4.79 Å². The lowest BCUT2D eigenvalue weighted by Crippen LogP contribution is -2.39. The number of benzene rings is 2. The first kappa shape index (κ1) is 14.5. The molecular weight excluding hydrogens is 326 g/mol. The second kappa shape index (κ2) is 6.22. The monoisotopic (exact) mass is 341 g/mol. The van der Waals surface area contributed by atoms with Crippen LogP contribution in [0.15, 0.2) is 52.9 Å². The Morgan fingerprint density at radius 3 is 2.96 bits per heavy atom. The lowest BCUT2D eigenvalue weighted by molar-refractivity contribution is -0.116. The summed E-state index contributed by atoms with van der Waals surface area (Å²) in [4.78, 5) is 19.0. The number of nitrogens with one attached hydrogen (secondary N) is 1. The molecule has 0 radical (unpaired) electrons. The van der Waals surface area contributed by atoms with Crippen molar-refractivity contribution >= 4 is 50.6 Å². The zero-order valence-corrected chi connectivity index (χ0v) is 14.0. The minimum atomic E-state index is 0.128. The molecule has 1 aliphatic heterocycles. The van der Waals surface area contributed by atoms with Crippen LogP contribution in [0.4, 0.5) is 11.4 Å². The Labute approximate surface area is 142 Å². The van der Waals surface area contributed by atoms with E-state index in [1.807, 2.05) is 47.4 Å². The van der Waals surface area contributed by atoms with Gasteiger partial charge in [-0.3, -0.25) is 4.79 Å². The Morgan fingerprint density at radius 1 is 1.22 bits per heavy atom. The summed E-state index contributed by atoms with van der Waals surface area (Å²) in [6.45, 7) is 1.49. The first-order valence-electron chi connectivity index (χ1n) is 7.43. The molecule has 1 N–H and O–H groups in total. The van der Waals surface area contributed by atoms with E-state index in [0.717, 1.165) is 32.5 Å². The molecule has 1 aromatic heterocycles. The standard InChI is InChI=1S/C17H15N3OS2/c21-16(20-10-9-18-12-5-1-3-7-14(12)20)11-22-17-19-13-6-2-4-8-15(13)23-17/h1-8,18H,9-11H2. The highest BCUT2D eigenvalue weighted by Gasteiger charge is 2.22. The van der Waals surface area contributed by atoms with Gasteiger partial charge in [-0.2, -0.15) is 0 Å². The van der Waals surface area contributed by atoms with Crippen molar-refractivity contribution in [1.82, 2.24) is 4.98 Å². The van der Waals surface area contributed by atoms with Crippen molar-refractivity contribution in [2.75, 3.05) is 29.1 Å². The highest BCUT2D eigenvalue weighted by molar-refractivity contribution is 8.01. The molecule has 0 aliphatic carbocycles. The summed E-state index contributed by atoms with van der Waals surface area (Å²) in [6, 6.07) is 16.0. The van der Waals surface area contributed by atoms with E-state index < -0.39 is 0 Å². The summed E-state index contributed by atoms with van der Waals surface area (Å²) in [5.41, 5.74) is 2.99. The molecule has 2 aromatic carbocycles. The molecule has 0 saturated heterocycles. The van der Waals surface area contributed by atoms with Crippen molar-refractivity contribution in [3.8, 4) is 0 Å². The largest absolute Gasteiger partial charge is 0.382 e. The molecule has 0 fully saturated rings. The zero-order chi connectivity index (χ0) is 15.6. The number of fused-ring (bicyclic) bond motifs is 2. The molecule has 0 spiro atoms. The molecule has 0 saturated carbocycles. The van der Waals surface area contributed by atoms with E-state index in [-0.39, 0.29) is 5.91 Å². The lowest BCUT2D eigenvalue weighted by Gasteiger charge is -2.30. The van der Waals surface area contributed by atoms with Crippen molar-refractivity contribution in [3.05, 3.63) is 48.5 Å². The third-order valence-electron chi connectivity index (χ3n) is 3.74. The number of thiazole rings is 1. The van der Waals surface area contributed by atoms with Gasteiger partial charge in [-0.25, -0.2) is 4.98 Å². The number of carbonyl (C=O) groups is 1. The fourth-order valence-corrected chi connectivity index (χ4v) is 4.60. The molecular formula is C17H15N3OS2. The number of nitrogens with zero attached hydrogens (tertiary/aromatic N) is 2. The lowest BCUT2D eigenvalue weighted by atomic mass is 10.2. The summed E-state index contributed by atoms with van der Waals surface area (Å²) >= 11 is 3.16. The predicted octanol–water partition coefficient (Wildman–Crippen LogP) is 3.85. The Morgan fingerprint density at radius 2 is 2.04 bits per heavy atom. The molecule has 0 bridgehead atoms. The SMILES string of the molecule is O=C(CSc1nc2ccccc2s1)N1CCNc2ccccc21. The highest BCUT2D eigenvalue weighted by Crippen LogP contribution is 2.32. The molecule has 2 heterocycles. The Balaban J connectivity index is 1.48. The molecule has 6 heteroatoms. The number of anilines is 2. The van der Waals surface area contributed by atoms with Crippen molar-refractivity contribution in [3.63, 3.8) is 0 Å². The minimum Gasteiger partial charge on any atom is -0.382 e. The number of hydrogen-bond acceptors (Lipinski definition) is 5. The average Bonchev–Trinajstić information content (AvgIpc) is 3.02. The van der Waals surface area contributed by atoms with Crippen LogP contribution in [-0.4, -0.2) is 29.7 Å². The van der Waals surface area contributed by atoms with E-state index in [9.17, 15) is 4.79 Å². The van der Waals surface area contributed by atoms with Gasteiger partial charge >= 0.3 is 0 Å². The highest BCUT2D eigenvalue weighted by atomic mass is 32.2. The maximum absolute atomic E-state index is 12.6. The fourth-order valence-electron chi connectivity index (χ4n) is 2.65. The van der Waals surface area contributed by atoms with E-state index in [1.165, 1.54) is 11.8 Å².